The number of carbonyl (C=O) groups is 1. The maximum atomic E-state index is 12.8. The molecule has 5 rings (SSSR count). The summed E-state index contributed by atoms with van der Waals surface area (Å²) in [6, 6.07) is 9.28. The summed E-state index contributed by atoms with van der Waals surface area (Å²) in [4.78, 5) is 27.1. The van der Waals surface area contributed by atoms with E-state index >= 15 is 0 Å². The van der Waals surface area contributed by atoms with Crippen LogP contribution in [0.25, 0.3) is 22.4 Å². The summed E-state index contributed by atoms with van der Waals surface area (Å²) in [6.45, 7) is 1.45. The number of nitrogens with zero attached hydrogens (tertiary/aromatic N) is 6. The van der Waals surface area contributed by atoms with Crippen LogP contribution in [-0.2, 0) is 11.3 Å². The fourth-order valence-corrected chi connectivity index (χ4v) is 3.90. The molecule has 0 bridgehead atoms. The number of aromatic nitrogens is 5. The number of rotatable bonds is 3. The highest BCUT2D eigenvalue weighted by atomic mass is 35.5. The molecule has 9 heteroatoms. The molecule has 0 aliphatic carbocycles. The Hall–Kier alpha value is -3.13. The lowest BCUT2D eigenvalue weighted by Gasteiger charge is -2.26. The second-order valence-corrected chi connectivity index (χ2v) is 7.68. The van der Waals surface area contributed by atoms with Crippen molar-refractivity contribution < 1.29 is 4.79 Å². The quantitative estimate of drug-likeness (QED) is 0.520. The first-order chi connectivity index (χ1) is 14.1. The van der Waals surface area contributed by atoms with Crippen LogP contribution in [0.4, 0.5) is 0 Å². The average molecular weight is 411 g/mol. The smallest absolute Gasteiger partial charge is 0.341 e. The fourth-order valence-electron chi connectivity index (χ4n) is 3.77. The Kier molecular flexibility index (Phi) is 4.35. The highest BCUT2D eigenvalue weighted by molar-refractivity contribution is 6.30. The lowest BCUT2D eigenvalue weighted by molar-refractivity contribution is -0.132. The van der Waals surface area contributed by atoms with E-state index in [0.29, 0.717) is 16.2 Å². The molecule has 3 aromatic heterocycles. The van der Waals surface area contributed by atoms with Gasteiger partial charge >= 0.3 is 5.69 Å². The van der Waals surface area contributed by atoms with Crippen LogP contribution >= 0.6 is 11.6 Å². The van der Waals surface area contributed by atoms with E-state index in [-0.39, 0.29) is 18.1 Å². The Morgan fingerprint density at radius 1 is 1.03 bits per heavy atom. The molecule has 1 amide bonds. The summed E-state index contributed by atoms with van der Waals surface area (Å²) < 4.78 is 4.37. The van der Waals surface area contributed by atoms with Gasteiger partial charge in [-0.2, -0.15) is 5.10 Å². The molecule has 29 heavy (non-hydrogen) atoms. The monoisotopic (exact) mass is 410 g/mol. The molecule has 0 radical (unpaired) electrons. The normalized spacial score (nSPS) is 14.7. The molecule has 0 N–H and O–H groups in total. The van der Waals surface area contributed by atoms with Gasteiger partial charge in [0, 0.05) is 36.1 Å². The summed E-state index contributed by atoms with van der Waals surface area (Å²) in [5.41, 5.74) is 2.50. The van der Waals surface area contributed by atoms with Gasteiger partial charge in [0.2, 0.25) is 5.91 Å². The predicted octanol–water partition coefficient (Wildman–Crippen LogP) is 2.48. The molecule has 4 aromatic rings. The van der Waals surface area contributed by atoms with Gasteiger partial charge in [0.1, 0.15) is 12.1 Å². The van der Waals surface area contributed by atoms with E-state index in [9.17, 15) is 9.59 Å². The average Bonchev–Trinajstić information content (AvgIpc) is 3.31. The van der Waals surface area contributed by atoms with Crippen molar-refractivity contribution in [2.24, 2.45) is 0 Å². The first-order valence-electron chi connectivity index (χ1n) is 9.61. The minimum Gasteiger partial charge on any atom is -0.341 e. The Balaban J connectivity index is 1.53. The summed E-state index contributed by atoms with van der Waals surface area (Å²) in [7, 11) is 0. The van der Waals surface area contributed by atoms with E-state index in [2.05, 4.69) is 10.2 Å². The summed E-state index contributed by atoms with van der Waals surface area (Å²) in [5, 5.41) is 9.66. The maximum absolute atomic E-state index is 12.8. The Morgan fingerprint density at radius 2 is 1.79 bits per heavy atom. The lowest BCUT2D eigenvalue weighted by atomic mass is 10.1. The third-order valence-corrected chi connectivity index (χ3v) is 5.58. The third kappa shape index (κ3) is 3.19. The minimum absolute atomic E-state index is 0.0507. The summed E-state index contributed by atoms with van der Waals surface area (Å²) in [6.07, 6.45) is 6.50. The van der Waals surface area contributed by atoms with Crippen molar-refractivity contribution in [2.45, 2.75) is 25.8 Å². The first-order valence-corrected chi connectivity index (χ1v) is 9.99. The third-order valence-electron chi connectivity index (χ3n) is 5.33. The van der Waals surface area contributed by atoms with Gasteiger partial charge in [-0.3, -0.25) is 4.79 Å². The molecule has 1 fully saturated rings. The van der Waals surface area contributed by atoms with E-state index in [4.69, 9.17) is 11.6 Å². The predicted molar refractivity (Wildman–Crippen MR) is 109 cm³/mol. The van der Waals surface area contributed by atoms with Gasteiger partial charge in [0.05, 0.1) is 5.69 Å². The number of benzene rings is 1. The molecule has 1 saturated heterocycles. The molecule has 0 unspecified atom stereocenters. The molecule has 0 atom stereocenters. The van der Waals surface area contributed by atoms with Crippen LogP contribution in [0.2, 0.25) is 5.02 Å². The minimum atomic E-state index is -0.331. The highest BCUT2D eigenvalue weighted by Gasteiger charge is 2.20. The molecule has 1 aromatic carbocycles. The Bertz CT molecular complexity index is 1260. The van der Waals surface area contributed by atoms with Gasteiger partial charge < -0.3 is 4.90 Å². The number of likely N-dealkylation sites (tertiary alicyclic amines) is 1. The van der Waals surface area contributed by atoms with Crippen molar-refractivity contribution in [3.63, 3.8) is 0 Å². The molecular formula is C20H19ClN6O2. The van der Waals surface area contributed by atoms with Crippen LogP contribution < -0.4 is 5.69 Å². The van der Waals surface area contributed by atoms with Crippen LogP contribution in [0.15, 0.2) is 47.5 Å². The lowest BCUT2D eigenvalue weighted by Crippen LogP contribution is -2.39. The van der Waals surface area contributed by atoms with Gasteiger partial charge in [-0.1, -0.05) is 23.7 Å². The summed E-state index contributed by atoms with van der Waals surface area (Å²) in [5.74, 6) is -0.0680. The zero-order chi connectivity index (χ0) is 20.0. The maximum Gasteiger partial charge on any atom is 0.350 e. The van der Waals surface area contributed by atoms with E-state index in [1.807, 2.05) is 35.2 Å². The van der Waals surface area contributed by atoms with Gasteiger partial charge in [-0.05, 0) is 37.5 Å². The van der Waals surface area contributed by atoms with E-state index in [1.165, 1.54) is 9.08 Å². The molecular weight excluding hydrogens is 392 g/mol. The summed E-state index contributed by atoms with van der Waals surface area (Å²) >= 11 is 5.97. The molecule has 8 nitrogen and oxygen atoms in total. The largest absolute Gasteiger partial charge is 0.350 e. The SMILES string of the molecule is O=C(Cn1nc2c3cc(-c4ccc(Cl)cc4)nn3ccn2c1=O)N1CCCCC1. The standard InChI is InChI=1S/C20H19ClN6O2/c21-15-6-4-14(5-7-15)16-12-17-19-23-27(13-18(28)24-8-2-1-3-9-24)20(29)25(19)10-11-26(17)22-16/h4-7,10-12H,1-3,8-9,13H2. The highest BCUT2D eigenvalue weighted by Crippen LogP contribution is 2.23. The molecule has 0 spiro atoms. The Morgan fingerprint density at radius 3 is 2.55 bits per heavy atom. The van der Waals surface area contributed by atoms with Crippen molar-refractivity contribution in [3.05, 3.63) is 58.2 Å². The number of hydrogen-bond acceptors (Lipinski definition) is 4. The number of hydrogen-bond donors (Lipinski definition) is 0. The van der Waals surface area contributed by atoms with Crippen LogP contribution in [-0.4, -0.2) is 47.7 Å². The van der Waals surface area contributed by atoms with Crippen molar-refractivity contribution in [1.82, 2.24) is 28.7 Å². The van der Waals surface area contributed by atoms with E-state index in [1.54, 1.807) is 16.9 Å². The fraction of sp³-hybridized carbons (Fsp3) is 0.300. The molecule has 4 heterocycles. The van der Waals surface area contributed by atoms with Crippen LogP contribution in [0.3, 0.4) is 0 Å². The van der Waals surface area contributed by atoms with Gasteiger partial charge in [-0.25, -0.2) is 18.4 Å². The molecule has 1 aliphatic rings. The Labute approximate surface area is 170 Å². The first kappa shape index (κ1) is 17.9. The number of piperidine rings is 1. The number of fused-ring (bicyclic) bond motifs is 3. The molecule has 0 saturated carbocycles. The number of amides is 1. The van der Waals surface area contributed by atoms with E-state index < -0.39 is 0 Å². The van der Waals surface area contributed by atoms with Gasteiger partial charge in [0.25, 0.3) is 0 Å². The van der Waals surface area contributed by atoms with Crippen LogP contribution in [0, 0.1) is 0 Å². The molecule has 1 aliphatic heterocycles. The van der Waals surface area contributed by atoms with Crippen molar-refractivity contribution in [2.75, 3.05) is 13.1 Å². The van der Waals surface area contributed by atoms with Crippen LogP contribution in [0.5, 0.6) is 0 Å². The number of carbonyl (C=O) groups excluding carboxylic acids is 1. The van der Waals surface area contributed by atoms with Crippen molar-refractivity contribution in [3.8, 4) is 11.3 Å². The molecule has 148 valence electrons. The topological polar surface area (TPSA) is 76.9 Å². The van der Waals surface area contributed by atoms with Crippen LogP contribution in [0.1, 0.15) is 19.3 Å². The van der Waals surface area contributed by atoms with Gasteiger partial charge in [-0.15, -0.1) is 5.10 Å². The van der Waals surface area contributed by atoms with Gasteiger partial charge in [0.15, 0.2) is 5.65 Å². The zero-order valence-corrected chi connectivity index (χ0v) is 16.4. The second-order valence-electron chi connectivity index (χ2n) is 7.24. The van der Waals surface area contributed by atoms with Crippen molar-refractivity contribution >= 4 is 28.7 Å². The second kappa shape index (κ2) is 7.04. The number of halogens is 1. The zero-order valence-electron chi connectivity index (χ0n) is 15.7. The van der Waals surface area contributed by atoms with Crippen molar-refractivity contribution in [1.29, 1.82) is 0 Å². The van der Waals surface area contributed by atoms with E-state index in [0.717, 1.165) is 43.6 Å².